The molecule has 2 aliphatic rings. The van der Waals surface area contributed by atoms with Gasteiger partial charge < -0.3 is 0 Å². The van der Waals surface area contributed by atoms with Gasteiger partial charge in [0.05, 0.1) is 0 Å². The summed E-state index contributed by atoms with van der Waals surface area (Å²) in [4.78, 5) is 1.44. The lowest BCUT2D eigenvalue weighted by Gasteiger charge is -2.19. The van der Waals surface area contributed by atoms with E-state index in [9.17, 15) is 0 Å². The summed E-state index contributed by atoms with van der Waals surface area (Å²) in [6, 6.07) is 17.6. The highest BCUT2D eigenvalue weighted by molar-refractivity contribution is 8.00. The van der Waals surface area contributed by atoms with Gasteiger partial charge in [-0.2, -0.15) is 0 Å². The van der Waals surface area contributed by atoms with E-state index in [4.69, 9.17) is 0 Å². The van der Waals surface area contributed by atoms with Crippen LogP contribution in [0.4, 0.5) is 0 Å². The number of hydrogen-bond acceptors (Lipinski definition) is 1. The molecule has 4 rings (SSSR count). The predicted octanol–water partition coefficient (Wildman–Crippen LogP) is 5.21. The van der Waals surface area contributed by atoms with Crippen molar-refractivity contribution in [1.29, 1.82) is 0 Å². The molecule has 1 heterocycles. The molecule has 0 bridgehead atoms. The maximum absolute atomic E-state index is 2.44. The van der Waals surface area contributed by atoms with Crippen molar-refractivity contribution < 1.29 is 0 Å². The van der Waals surface area contributed by atoms with E-state index in [1.807, 2.05) is 11.8 Å². The largest absolute Gasteiger partial charge is 0.117 e. The standard InChI is InChI=1S/C19H16S/c1-13-6-8-14(9-7-13)15-10-11-19-17(12-15)16-4-2-3-5-18(16)20-19/h2-12,17,19H,1H3. The third kappa shape index (κ3) is 1.94. The highest BCUT2D eigenvalue weighted by atomic mass is 32.2. The van der Waals surface area contributed by atoms with E-state index in [1.54, 1.807) is 0 Å². The zero-order valence-electron chi connectivity index (χ0n) is 11.4. The molecule has 0 fully saturated rings. The van der Waals surface area contributed by atoms with Gasteiger partial charge in [-0.1, -0.05) is 66.3 Å². The molecule has 1 heteroatoms. The van der Waals surface area contributed by atoms with E-state index in [1.165, 1.54) is 27.2 Å². The molecule has 2 aromatic carbocycles. The van der Waals surface area contributed by atoms with Crippen LogP contribution in [0.5, 0.6) is 0 Å². The first-order valence-electron chi connectivity index (χ1n) is 7.04. The fourth-order valence-electron chi connectivity index (χ4n) is 2.99. The van der Waals surface area contributed by atoms with Crippen molar-refractivity contribution in [3.63, 3.8) is 0 Å². The first kappa shape index (κ1) is 12.0. The molecule has 0 aromatic heterocycles. The van der Waals surface area contributed by atoms with Crippen molar-refractivity contribution in [3.8, 4) is 0 Å². The fourth-order valence-corrected chi connectivity index (χ4v) is 4.31. The van der Waals surface area contributed by atoms with Crippen LogP contribution in [0.1, 0.15) is 22.6 Å². The third-order valence-corrected chi connectivity index (χ3v) is 5.45. The Morgan fingerprint density at radius 3 is 2.60 bits per heavy atom. The average molecular weight is 276 g/mol. The molecule has 0 saturated heterocycles. The Morgan fingerprint density at radius 2 is 1.75 bits per heavy atom. The number of thioether (sulfide) groups is 1. The summed E-state index contributed by atoms with van der Waals surface area (Å²) < 4.78 is 0. The van der Waals surface area contributed by atoms with Crippen LogP contribution < -0.4 is 0 Å². The van der Waals surface area contributed by atoms with Crippen molar-refractivity contribution in [3.05, 3.63) is 83.4 Å². The van der Waals surface area contributed by atoms with Crippen molar-refractivity contribution >= 4 is 17.3 Å². The SMILES string of the molecule is Cc1ccc(C2=CC3c4ccccc4SC3C=C2)cc1. The number of hydrogen-bond donors (Lipinski definition) is 0. The second kappa shape index (κ2) is 4.68. The highest BCUT2D eigenvalue weighted by Crippen LogP contribution is 2.49. The van der Waals surface area contributed by atoms with E-state index < -0.39 is 0 Å². The molecule has 0 nitrogen and oxygen atoms in total. The van der Waals surface area contributed by atoms with Crippen LogP contribution in [0.3, 0.4) is 0 Å². The van der Waals surface area contributed by atoms with Crippen molar-refractivity contribution in [2.45, 2.75) is 23.0 Å². The number of fused-ring (bicyclic) bond motifs is 3. The van der Waals surface area contributed by atoms with Crippen LogP contribution in [-0.2, 0) is 0 Å². The van der Waals surface area contributed by atoms with Gasteiger partial charge in [0.15, 0.2) is 0 Å². The molecule has 2 unspecified atom stereocenters. The molecule has 0 spiro atoms. The Hall–Kier alpha value is -1.73. The van der Waals surface area contributed by atoms with Crippen LogP contribution >= 0.6 is 11.8 Å². The van der Waals surface area contributed by atoms with Crippen molar-refractivity contribution in [2.24, 2.45) is 0 Å². The van der Waals surface area contributed by atoms with E-state index >= 15 is 0 Å². The summed E-state index contributed by atoms with van der Waals surface area (Å²) in [6.07, 6.45) is 7.09. The van der Waals surface area contributed by atoms with Gasteiger partial charge in [0, 0.05) is 16.1 Å². The maximum Gasteiger partial charge on any atom is 0.0381 e. The van der Waals surface area contributed by atoms with E-state index in [-0.39, 0.29) is 0 Å². The lowest BCUT2D eigenvalue weighted by molar-refractivity contribution is 0.884. The van der Waals surface area contributed by atoms with Crippen molar-refractivity contribution in [1.82, 2.24) is 0 Å². The molecule has 2 atom stereocenters. The second-order valence-electron chi connectivity index (χ2n) is 5.49. The molecule has 20 heavy (non-hydrogen) atoms. The summed E-state index contributed by atoms with van der Waals surface area (Å²) in [5, 5.41) is 0.571. The fraction of sp³-hybridized carbons (Fsp3) is 0.158. The lowest BCUT2D eigenvalue weighted by Crippen LogP contribution is -2.08. The van der Waals surface area contributed by atoms with Gasteiger partial charge in [-0.15, -0.1) is 11.8 Å². The lowest BCUT2D eigenvalue weighted by atomic mass is 9.87. The van der Waals surface area contributed by atoms with E-state index in [0.29, 0.717) is 11.2 Å². The summed E-state index contributed by atoms with van der Waals surface area (Å²) in [6.45, 7) is 2.13. The predicted molar refractivity (Wildman–Crippen MR) is 87.1 cm³/mol. The smallest absolute Gasteiger partial charge is 0.0381 e. The quantitative estimate of drug-likeness (QED) is 0.689. The first-order valence-corrected chi connectivity index (χ1v) is 7.92. The molecular formula is C19H16S. The number of rotatable bonds is 1. The van der Waals surface area contributed by atoms with Crippen LogP contribution in [-0.4, -0.2) is 5.25 Å². The Kier molecular flexibility index (Phi) is 2.82. The summed E-state index contributed by atoms with van der Waals surface area (Å²) in [5.74, 6) is 0.525. The number of benzene rings is 2. The van der Waals surface area contributed by atoms with Gasteiger partial charge in [-0.05, 0) is 29.7 Å². The molecule has 1 aliphatic heterocycles. The minimum absolute atomic E-state index is 0.525. The minimum Gasteiger partial charge on any atom is -0.117 e. The Morgan fingerprint density at radius 1 is 0.950 bits per heavy atom. The molecule has 0 radical (unpaired) electrons. The molecule has 2 aromatic rings. The first-order chi connectivity index (χ1) is 9.81. The van der Waals surface area contributed by atoms with Gasteiger partial charge in [0.25, 0.3) is 0 Å². The maximum atomic E-state index is 2.44. The zero-order valence-corrected chi connectivity index (χ0v) is 12.2. The third-order valence-electron chi connectivity index (χ3n) is 4.10. The van der Waals surface area contributed by atoms with Gasteiger partial charge in [-0.3, -0.25) is 0 Å². The van der Waals surface area contributed by atoms with E-state index in [0.717, 1.165) is 0 Å². The van der Waals surface area contributed by atoms with Crippen molar-refractivity contribution in [2.75, 3.05) is 0 Å². The number of allylic oxidation sites excluding steroid dienone is 3. The average Bonchev–Trinajstić information content (AvgIpc) is 2.86. The van der Waals surface area contributed by atoms with Gasteiger partial charge in [0.2, 0.25) is 0 Å². The van der Waals surface area contributed by atoms with Crippen LogP contribution in [0, 0.1) is 6.92 Å². The zero-order chi connectivity index (χ0) is 13.5. The van der Waals surface area contributed by atoms with Crippen LogP contribution in [0.25, 0.3) is 5.57 Å². The summed E-state index contributed by atoms with van der Waals surface area (Å²) >= 11 is 1.99. The highest BCUT2D eigenvalue weighted by Gasteiger charge is 2.31. The Balaban J connectivity index is 1.75. The molecule has 1 aliphatic carbocycles. The monoisotopic (exact) mass is 276 g/mol. The summed E-state index contributed by atoms with van der Waals surface area (Å²) in [7, 11) is 0. The Labute approximate surface area is 124 Å². The number of aryl methyl sites for hydroxylation is 1. The van der Waals surface area contributed by atoms with Gasteiger partial charge in [-0.25, -0.2) is 0 Å². The van der Waals surface area contributed by atoms with E-state index in [2.05, 4.69) is 73.7 Å². The molecule has 0 amide bonds. The van der Waals surface area contributed by atoms with Gasteiger partial charge in [0.1, 0.15) is 0 Å². The topological polar surface area (TPSA) is 0 Å². The minimum atomic E-state index is 0.525. The van der Waals surface area contributed by atoms with Gasteiger partial charge >= 0.3 is 0 Å². The summed E-state index contributed by atoms with van der Waals surface area (Å²) in [5.41, 5.74) is 5.47. The van der Waals surface area contributed by atoms with Crippen LogP contribution in [0.15, 0.2) is 71.7 Å². The van der Waals surface area contributed by atoms with Crippen LogP contribution in [0.2, 0.25) is 0 Å². The second-order valence-corrected chi connectivity index (χ2v) is 6.71. The molecule has 0 saturated carbocycles. The Bertz CT molecular complexity index is 707. The normalized spacial score (nSPS) is 23.1. The molecule has 0 N–H and O–H groups in total. The molecular weight excluding hydrogens is 260 g/mol. The molecule has 98 valence electrons.